The lowest BCUT2D eigenvalue weighted by molar-refractivity contribution is -0.0838. The van der Waals surface area contributed by atoms with Gasteiger partial charge in [0.2, 0.25) is 0 Å². The van der Waals surface area contributed by atoms with E-state index in [1.54, 1.807) is 0 Å². The van der Waals surface area contributed by atoms with Crippen molar-refractivity contribution in [3.63, 3.8) is 0 Å². The largest absolute Gasteiger partial charge is 0.378 e. The average molecular weight is 282 g/mol. The van der Waals surface area contributed by atoms with Gasteiger partial charge in [-0.3, -0.25) is 0 Å². The van der Waals surface area contributed by atoms with E-state index in [4.69, 9.17) is 16.3 Å². The summed E-state index contributed by atoms with van der Waals surface area (Å²) in [4.78, 5) is 0. The molecule has 1 unspecified atom stereocenters. The van der Waals surface area contributed by atoms with Crippen molar-refractivity contribution in [3.8, 4) is 0 Å². The molecule has 0 bridgehead atoms. The van der Waals surface area contributed by atoms with Crippen LogP contribution in [-0.4, -0.2) is 19.3 Å². The third-order valence-corrected chi connectivity index (χ3v) is 4.44. The first-order valence-electron chi connectivity index (χ1n) is 7.23. The minimum absolute atomic E-state index is 0.0883. The van der Waals surface area contributed by atoms with Crippen LogP contribution in [0.2, 0.25) is 5.02 Å². The van der Waals surface area contributed by atoms with Gasteiger partial charge < -0.3 is 10.1 Å². The highest BCUT2D eigenvalue weighted by Crippen LogP contribution is 2.41. The molecular formula is C16H24ClNO. The molecule has 0 radical (unpaired) electrons. The van der Waals surface area contributed by atoms with Gasteiger partial charge in [-0.1, -0.05) is 30.7 Å². The Morgan fingerprint density at radius 2 is 2.00 bits per heavy atom. The van der Waals surface area contributed by atoms with Gasteiger partial charge in [0, 0.05) is 18.2 Å². The second-order valence-electron chi connectivity index (χ2n) is 5.50. The number of hydrogen-bond acceptors (Lipinski definition) is 2. The zero-order valence-electron chi connectivity index (χ0n) is 11.9. The Morgan fingerprint density at radius 3 is 2.47 bits per heavy atom. The normalized spacial score (nSPS) is 18.9. The summed E-state index contributed by atoms with van der Waals surface area (Å²) in [6.07, 6.45) is 5.84. The van der Waals surface area contributed by atoms with E-state index in [-0.39, 0.29) is 5.60 Å². The van der Waals surface area contributed by atoms with Crippen LogP contribution in [0.15, 0.2) is 24.3 Å². The van der Waals surface area contributed by atoms with Crippen LogP contribution < -0.4 is 5.32 Å². The van der Waals surface area contributed by atoms with E-state index in [9.17, 15) is 0 Å². The van der Waals surface area contributed by atoms with E-state index in [2.05, 4.69) is 24.4 Å². The first-order chi connectivity index (χ1) is 9.19. The van der Waals surface area contributed by atoms with Gasteiger partial charge in [0.1, 0.15) is 0 Å². The highest BCUT2D eigenvalue weighted by molar-refractivity contribution is 6.30. The maximum absolute atomic E-state index is 5.97. The Balaban J connectivity index is 2.08. The molecule has 0 saturated heterocycles. The lowest BCUT2D eigenvalue weighted by atomic mass is 9.74. The van der Waals surface area contributed by atoms with Crippen molar-refractivity contribution in [2.45, 2.75) is 50.7 Å². The molecule has 1 N–H and O–H groups in total. The van der Waals surface area contributed by atoms with Crippen molar-refractivity contribution in [2.75, 3.05) is 13.7 Å². The Bertz CT molecular complexity index is 381. The minimum atomic E-state index is 0.0883. The number of ether oxygens (including phenoxy) is 1. The smallest absolute Gasteiger partial charge is 0.0697 e. The standard InChI is InChI=1S/C16H24ClNO/c1-3-11-18-15(12-16(19-2)9-4-10-16)13-5-7-14(17)8-6-13/h5-8,15,18H,3-4,9-12H2,1-2H3. The maximum atomic E-state index is 5.97. The Hall–Kier alpha value is -0.570. The Morgan fingerprint density at radius 1 is 1.32 bits per heavy atom. The molecule has 1 aromatic carbocycles. The van der Waals surface area contributed by atoms with E-state index in [0.717, 1.165) is 24.4 Å². The first-order valence-corrected chi connectivity index (χ1v) is 7.61. The molecule has 0 amide bonds. The molecule has 1 aromatic rings. The molecule has 1 atom stereocenters. The molecule has 0 heterocycles. The molecule has 1 saturated carbocycles. The third kappa shape index (κ3) is 3.71. The van der Waals surface area contributed by atoms with E-state index < -0.39 is 0 Å². The topological polar surface area (TPSA) is 21.3 Å². The summed E-state index contributed by atoms with van der Waals surface area (Å²) in [5.74, 6) is 0. The van der Waals surface area contributed by atoms with Crippen molar-refractivity contribution in [1.29, 1.82) is 0 Å². The summed E-state index contributed by atoms with van der Waals surface area (Å²) in [5, 5.41) is 4.43. The molecule has 0 aromatic heterocycles. The van der Waals surface area contributed by atoms with E-state index in [1.807, 2.05) is 19.2 Å². The van der Waals surface area contributed by atoms with Crippen LogP contribution in [0.25, 0.3) is 0 Å². The van der Waals surface area contributed by atoms with Crippen LogP contribution >= 0.6 is 11.6 Å². The summed E-state index contributed by atoms with van der Waals surface area (Å²) in [5.41, 5.74) is 1.39. The number of halogens is 1. The van der Waals surface area contributed by atoms with Gasteiger partial charge in [0.05, 0.1) is 5.60 Å². The van der Waals surface area contributed by atoms with Crippen molar-refractivity contribution in [3.05, 3.63) is 34.9 Å². The van der Waals surface area contributed by atoms with Gasteiger partial charge in [0.25, 0.3) is 0 Å². The number of hydrogen-bond donors (Lipinski definition) is 1. The Labute approximate surface area is 121 Å². The summed E-state index contributed by atoms with van der Waals surface area (Å²) >= 11 is 5.97. The summed E-state index contributed by atoms with van der Waals surface area (Å²) in [6.45, 7) is 3.23. The summed E-state index contributed by atoms with van der Waals surface area (Å²) < 4.78 is 5.76. The SMILES string of the molecule is CCCNC(CC1(OC)CCC1)c1ccc(Cl)cc1. The molecule has 0 spiro atoms. The van der Waals surface area contributed by atoms with E-state index in [0.29, 0.717) is 6.04 Å². The van der Waals surface area contributed by atoms with Crippen molar-refractivity contribution in [2.24, 2.45) is 0 Å². The van der Waals surface area contributed by atoms with Crippen LogP contribution in [0, 0.1) is 0 Å². The fourth-order valence-corrected chi connectivity index (χ4v) is 2.88. The molecule has 3 heteroatoms. The van der Waals surface area contributed by atoms with Crippen LogP contribution in [0.4, 0.5) is 0 Å². The second-order valence-corrected chi connectivity index (χ2v) is 5.94. The first kappa shape index (κ1) is 14.8. The predicted molar refractivity (Wildman–Crippen MR) is 80.7 cm³/mol. The van der Waals surface area contributed by atoms with Crippen molar-refractivity contribution in [1.82, 2.24) is 5.32 Å². The molecule has 1 aliphatic carbocycles. The predicted octanol–water partition coefficient (Wildman–Crippen LogP) is 4.34. The van der Waals surface area contributed by atoms with Gasteiger partial charge in [-0.15, -0.1) is 0 Å². The molecule has 2 rings (SSSR count). The van der Waals surface area contributed by atoms with Gasteiger partial charge >= 0.3 is 0 Å². The van der Waals surface area contributed by atoms with E-state index >= 15 is 0 Å². The average Bonchev–Trinajstić information content (AvgIpc) is 2.39. The van der Waals surface area contributed by atoms with Crippen LogP contribution in [0.1, 0.15) is 50.6 Å². The van der Waals surface area contributed by atoms with Gasteiger partial charge in [-0.2, -0.15) is 0 Å². The summed E-state index contributed by atoms with van der Waals surface area (Å²) in [6, 6.07) is 8.54. The number of nitrogens with one attached hydrogen (secondary N) is 1. The van der Waals surface area contributed by atoms with Gasteiger partial charge in [-0.05, 0) is 56.3 Å². The molecular weight excluding hydrogens is 258 g/mol. The number of benzene rings is 1. The molecule has 106 valence electrons. The molecule has 1 fully saturated rings. The van der Waals surface area contributed by atoms with Crippen LogP contribution in [0.3, 0.4) is 0 Å². The molecule has 0 aliphatic heterocycles. The second kappa shape index (κ2) is 6.74. The van der Waals surface area contributed by atoms with Gasteiger partial charge in [0.15, 0.2) is 0 Å². The number of rotatable bonds is 7. The van der Waals surface area contributed by atoms with Crippen LogP contribution in [-0.2, 0) is 4.74 Å². The fraction of sp³-hybridized carbons (Fsp3) is 0.625. The lowest BCUT2D eigenvalue weighted by Crippen LogP contribution is -2.43. The zero-order valence-corrected chi connectivity index (χ0v) is 12.7. The molecule has 2 nitrogen and oxygen atoms in total. The van der Waals surface area contributed by atoms with Gasteiger partial charge in [-0.25, -0.2) is 0 Å². The van der Waals surface area contributed by atoms with Crippen molar-refractivity contribution < 1.29 is 4.74 Å². The number of methoxy groups -OCH3 is 1. The minimum Gasteiger partial charge on any atom is -0.378 e. The van der Waals surface area contributed by atoms with Crippen molar-refractivity contribution >= 4 is 11.6 Å². The fourth-order valence-electron chi connectivity index (χ4n) is 2.76. The Kier molecular flexibility index (Phi) is 5.26. The zero-order chi connectivity index (χ0) is 13.7. The highest BCUT2D eigenvalue weighted by Gasteiger charge is 2.39. The highest BCUT2D eigenvalue weighted by atomic mass is 35.5. The monoisotopic (exact) mass is 281 g/mol. The van der Waals surface area contributed by atoms with E-state index in [1.165, 1.54) is 24.8 Å². The van der Waals surface area contributed by atoms with Crippen LogP contribution in [0.5, 0.6) is 0 Å². The quantitative estimate of drug-likeness (QED) is 0.803. The third-order valence-electron chi connectivity index (χ3n) is 4.19. The molecule has 1 aliphatic rings. The maximum Gasteiger partial charge on any atom is 0.0697 e. The lowest BCUT2D eigenvalue weighted by Gasteiger charge is -2.43. The summed E-state index contributed by atoms with van der Waals surface area (Å²) in [7, 11) is 1.85. The molecule has 19 heavy (non-hydrogen) atoms.